The highest BCUT2D eigenvalue weighted by Gasteiger charge is 2.25. The van der Waals surface area contributed by atoms with Crippen LogP contribution in [0.2, 0.25) is 0 Å². The number of hydrogen-bond donors (Lipinski definition) is 2. The largest absolute Gasteiger partial charge is 0.476 e. The Morgan fingerprint density at radius 1 is 1.15 bits per heavy atom. The summed E-state index contributed by atoms with van der Waals surface area (Å²) < 4.78 is 8.96. The Kier molecular flexibility index (Phi) is 7.21. The molecule has 0 bridgehead atoms. The van der Waals surface area contributed by atoms with Gasteiger partial charge < -0.3 is 20.1 Å². The molecule has 196 valence electrons. The minimum atomic E-state index is -1.29. The summed E-state index contributed by atoms with van der Waals surface area (Å²) in [5.41, 5.74) is 0.538. The summed E-state index contributed by atoms with van der Waals surface area (Å²) in [6, 6.07) is 11.8. The van der Waals surface area contributed by atoms with Crippen molar-refractivity contribution in [1.82, 2.24) is 29.4 Å². The molecule has 1 aromatic carbocycles. The number of nitriles is 1. The molecule has 0 aliphatic carbocycles. The lowest BCUT2D eigenvalue weighted by atomic mass is 10.1. The number of rotatable bonds is 7. The van der Waals surface area contributed by atoms with Crippen LogP contribution in [-0.2, 0) is 13.1 Å². The van der Waals surface area contributed by atoms with E-state index in [1.807, 2.05) is 0 Å². The number of aromatic nitrogens is 5. The normalized spacial score (nSPS) is 13.0. The maximum absolute atomic E-state index is 14.1. The van der Waals surface area contributed by atoms with E-state index in [2.05, 4.69) is 38.1 Å². The van der Waals surface area contributed by atoms with Crippen LogP contribution in [-0.4, -0.2) is 61.3 Å². The molecule has 5 rings (SSSR count). The van der Waals surface area contributed by atoms with Gasteiger partial charge in [0.05, 0.1) is 24.7 Å². The highest BCUT2D eigenvalue weighted by atomic mass is 16.5. The Balaban J connectivity index is 1.74. The van der Waals surface area contributed by atoms with Gasteiger partial charge in [-0.2, -0.15) is 15.2 Å². The summed E-state index contributed by atoms with van der Waals surface area (Å²) in [5.74, 6) is 5.07. The van der Waals surface area contributed by atoms with Gasteiger partial charge in [-0.1, -0.05) is 24.1 Å². The molecule has 0 radical (unpaired) electrons. The summed E-state index contributed by atoms with van der Waals surface area (Å²) in [6.45, 7) is 4.80. The highest BCUT2D eigenvalue weighted by Crippen LogP contribution is 2.26. The van der Waals surface area contributed by atoms with Gasteiger partial charge in [-0.3, -0.25) is 13.9 Å². The number of hydrogen-bond acceptors (Lipinski definition) is 9. The van der Waals surface area contributed by atoms with Crippen molar-refractivity contribution < 1.29 is 14.6 Å². The van der Waals surface area contributed by atoms with Gasteiger partial charge in [0.2, 0.25) is 5.95 Å². The smallest absolute Gasteiger partial charge is 0.358 e. The summed E-state index contributed by atoms with van der Waals surface area (Å²) in [7, 11) is 0. The fourth-order valence-corrected chi connectivity index (χ4v) is 4.38. The average Bonchev–Trinajstić information content (AvgIpc) is 3.33. The first-order chi connectivity index (χ1) is 19.0. The van der Waals surface area contributed by atoms with Gasteiger partial charge in [0.1, 0.15) is 0 Å². The quantitative estimate of drug-likeness (QED) is 0.343. The number of carbonyl (C=O) groups is 1. The van der Waals surface area contributed by atoms with Crippen molar-refractivity contribution in [3.8, 4) is 29.7 Å². The number of anilines is 1. The Morgan fingerprint density at radius 3 is 2.69 bits per heavy atom. The molecular formula is C27H24N8O4. The van der Waals surface area contributed by atoms with Gasteiger partial charge in [-0.25, -0.2) is 9.78 Å². The zero-order chi connectivity index (χ0) is 27.4. The first-order valence-electron chi connectivity index (χ1n) is 12.2. The molecule has 0 atom stereocenters. The Bertz CT molecular complexity index is 1720. The molecule has 3 aromatic heterocycles. The van der Waals surface area contributed by atoms with Crippen LogP contribution in [0, 0.1) is 23.2 Å². The summed E-state index contributed by atoms with van der Waals surface area (Å²) >= 11 is 0. The van der Waals surface area contributed by atoms with Crippen LogP contribution in [0.3, 0.4) is 0 Å². The molecule has 4 aromatic rings. The van der Waals surface area contributed by atoms with E-state index in [0.717, 1.165) is 13.1 Å². The topological polar surface area (TPSA) is 151 Å². The van der Waals surface area contributed by atoms with Crippen molar-refractivity contribution in [2.24, 2.45) is 0 Å². The van der Waals surface area contributed by atoms with Crippen LogP contribution in [0.1, 0.15) is 28.5 Å². The number of nitrogens with zero attached hydrogens (tertiary/aromatic N) is 7. The molecule has 0 amide bonds. The summed E-state index contributed by atoms with van der Waals surface area (Å²) in [6.07, 6.45) is 1.33. The average molecular weight is 525 g/mol. The lowest BCUT2D eigenvalue weighted by Crippen LogP contribution is -2.44. The van der Waals surface area contributed by atoms with Crippen molar-refractivity contribution in [3.05, 3.63) is 69.8 Å². The first kappa shape index (κ1) is 25.4. The van der Waals surface area contributed by atoms with E-state index in [4.69, 9.17) is 9.72 Å². The molecule has 0 unspecified atom stereocenters. The van der Waals surface area contributed by atoms with Gasteiger partial charge in [-0.15, -0.1) is 5.92 Å². The number of benzene rings is 1. The molecule has 12 nitrogen and oxygen atoms in total. The molecule has 1 aliphatic heterocycles. The Hall–Kier alpha value is -5.20. The van der Waals surface area contributed by atoms with E-state index in [1.165, 1.54) is 22.9 Å². The SMILES string of the molecule is CC#CCn1c(N2CCNCC2)nc2nc(Oc3cccnc3C(=O)O)n(Cc3ccccc3C#N)c(=O)c21. The number of carboxylic acid groups (broad SMARTS) is 1. The third-order valence-electron chi connectivity index (χ3n) is 6.26. The maximum Gasteiger partial charge on any atom is 0.358 e. The van der Waals surface area contributed by atoms with Gasteiger partial charge in [0.15, 0.2) is 22.6 Å². The second-order valence-corrected chi connectivity index (χ2v) is 8.65. The summed E-state index contributed by atoms with van der Waals surface area (Å²) in [4.78, 5) is 41.1. The van der Waals surface area contributed by atoms with Crippen LogP contribution in [0.15, 0.2) is 47.4 Å². The molecule has 0 saturated carbocycles. The van der Waals surface area contributed by atoms with E-state index < -0.39 is 11.5 Å². The first-order valence-corrected chi connectivity index (χ1v) is 12.2. The minimum Gasteiger partial charge on any atom is -0.476 e. The third-order valence-corrected chi connectivity index (χ3v) is 6.26. The molecule has 2 N–H and O–H groups in total. The monoisotopic (exact) mass is 524 g/mol. The zero-order valence-corrected chi connectivity index (χ0v) is 21.1. The second kappa shape index (κ2) is 11.0. The molecule has 1 fully saturated rings. The van der Waals surface area contributed by atoms with E-state index in [9.17, 15) is 20.0 Å². The summed E-state index contributed by atoms with van der Waals surface area (Å²) in [5, 5.41) is 22.5. The van der Waals surface area contributed by atoms with Crippen molar-refractivity contribution in [3.63, 3.8) is 0 Å². The van der Waals surface area contributed by atoms with Crippen LogP contribution in [0.4, 0.5) is 5.95 Å². The third kappa shape index (κ3) is 5.01. The number of piperazine rings is 1. The number of carboxylic acids is 1. The van der Waals surface area contributed by atoms with Crippen LogP contribution >= 0.6 is 0 Å². The molecule has 39 heavy (non-hydrogen) atoms. The lowest BCUT2D eigenvalue weighted by molar-refractivity contribution is 0.0687. The number of aromatic carboxylic acids is 1. The minimum absolute atomic E-state index is 0.0445. The predicted molar refractivity (Wildman–Crippen MR) is 142 cm³/mol. The lowest BCUT2D eigenvalue weighted by Gasteiger charge is -2.28. The van der Waals surface area contributed by atoms with Gasteiger partial charge in [-0.05, 0) is 30.7 Å². The number of pyridine rings is 1. The van der Waals surface area contributed by atoms with E-state index in [-0.39, 0.29) is 41.7 Å². The van der Waals surface area contributed by atoms with Crippen molar-refractivity contribution >= 4 is 23.1 Å². The number of nitrogens with one attached hydrogen (secondary N) is 1. The van der Waals surface area contributed by atoms with Crippen molar-refractivity contribution in [2.45, 2.75) is 20.0 Å². The highest BCUT2D eigenvalue weighted by molar-refractivity contribution is 5.88. The molecule has 12 heteroatoms. The fourth-order valence-electron chi connectivity index (χ4n) is 4.38. The predicted octanol–water partition coefficient (Wildman–Crippen LogP) is 1.83. The number of imidazole rings is 1. The standard InChI is InChI=1S/C27H24N8O4/c1-2-3-13-34-22-23(31-26(34)33-14-11-29-12-15-33)32-27(39-20-9-6-10-30-21(20)25(37)38)35(24(22)36)17-19-8-5-4-7-18(19)16-28/h4-10,29H,11-15,17H2,1H3,(H,37,38). The van der Waals surface area contributed by atoms with E-state index >= 15 is 0 Å². The van der Waals surface area contributed by atoms with Crippen LogP contribution in [0.25, 0.3) is 11.2 Å². The van der Waals surface area contributed by atoms with Crippen LogP contribution < -0.4 is 20.5 Å². The molecule has 4 heterocycles. The van der Waals surface area contributed by atoms with E-state index in [1.54, 1.807) is 35.8 Å². The van der Waals surface area contributed by atoms with Crippen molar-refractivity contribution in [1.29, 1.82) is 5.26 Å². The van der Waals surface area contributed by atoms with Gasteiger partial charge in [0, 0.05) is 32.4 Å². The van der Waals surface area contributed by atoms with Crippen molar-refractivity contribution in [2.75, 3.05) is 31.1 Å². The molecule has 1 aliphatic rings. The number of ether oxygens (including phenoxy) is 1. The van der Waals surface area contributed by atoms with Gasteiger partial charge in [0.25, 0.3) is 5.56 Å². The van der Waals surface area contributed by atoms with Gasteiger partial charge >= 0.3 is 12.0 Å². The zero-order valence-electron chi connectivity index (χ0n) is 21.1. The maximum atomic E-state index is 14.1. The molecule has 1 saturated heterocycles. The number of fused-ring (bicyclic) bond motifs is 1. The molecular weight excluding hydrogens is 500 g/mol. The molecule has 0 spiro atoms. The van der Waals surface area contributed by atoms with E-state index in [0.29, 0.717) is 30.2 Å². The van der Waals surface area contributed by atoms with Crippen LogP contribution in [0.5, 0.6) is 11.8 Å². The Morgan fingerprint density at radius 2 is 1.95 bits per heavy atom. The second-order valence-electron chi connectivity index (χ2n) is 8.65. The Labute approximate surface area is 223 Å². The fraction of sp³-hybridized carbons (Fsp3) is 0.259.